The number of nitrogens with one attached hydrogen (secondary N) is 3. The van der Waals surface area contributed by atoms with Crippen molar-refractivity contribution in [2.75, 3.05) is 23.8 Å². The monoisotopic (exact) mass is 458 g/mol. The first-order valence-corrected chi connectivity index (χ1v) is 9.87. The minimum Gasteiger partial charge on any atom is -0.469 e. The number of rotatable bonds is 8. The number of fused-ring (bicyclic) bond motifs is 1. The molecule has 0 spiro atoms. The lowest BCUT2D eigenvalue weighted by atomic mass is 9.98. The summed E-state index contributed by atoms with van der Waals surface area (Å²) in [7, 11) is 1.60. The van der Waals surface area contributed by atoms with Crippen LogP contribution in [0.25, 0.3) is 0 Å². The van der Waals surface area contributed by atoms with E-state index < -0.39 is 18.9 Å². The summed E-state index contributed by atoms with van der Waals surface area (Å²) >= 11 is 0. The molecule has 172 valence electrons. The summed E-state index contributed by atoms with van der Waals surface area (Å²) in [5.41, 5.74) is 7.65. The van der Waals surface area contributed by atoms with Crippen LogP contribution in [0.1, 0.15) is 26.3 Å². The van der Waals surface area contributed by atoms with Crippen LogP contribution in [0.2, 0.25) is 0 Å². The number of anilines is 4. The van der Waals surface area contributed by atoms with Crippen LogP contribution in [0.15, 0.2) is 30.6 Å². The number of nitrogens with zero attached hydrogens (tertiary/aromatic N) is 4. The van der Waals surface area contributed by atoms with Gasteiger partial charge in [-0.1, -0.05) is 6.07 Å². The predicted octanol–water partition coefficient (Wildman–Crippen LogP) is 1.73. The molecule has 1 aliphatic rings. The van der Waals surface area contributed by atoms with Gasteiger partial charge in [-0.2, -0.15) is 4.98 Å². The number of aryl methyl sites for hydroxylation is 1. The van der Waals surface area contributed by atoms with Gasteiger partial charge in [0.25, 0.3) is 24.1 Å². The first-order valence-electron chi connectivity index (χ1n) is 9.87. The number of hydrogen-bond donors (Lipinski definition) is 4. The lowest BCUT2D eigenvalue weighted by Crippen LogP contribution is -2.32. The molecular weight excluding hydrogens is 438 g/mol. The van der Waals surface area contributed by atoms with Crippen LogP contribution in [-0.4, -0.2) is 51.1 Å². The highest BCUT2D eigenvalue weighted by molar-refractivity contribution is 6.00. The molecule has 0 bridgehead atoms. The van der Waals surface area contributed by atoms with Gasteiger partial charge in [-0.05, 0) is 24.1 Å². The van der Waals surface area contributed by atoms with Crippen LogP contribution >= 0.6 is 0 Å². The average molecular weight is 458 g/mol. The summed E-state index contributed by atoms with van der Waals surface area (Å²) < 4.78 is 31.5. The molecule has 0 fully saturated rings. The molecule has 13 heteroatoms. The molecule has 2 aromatic heterocycles. The Kier molecular flexibility index (Phi) is 6.02. The molecule has 2 amide bonds. The third-order valence-corrected chi connectivity index (χ3v) is 4.78. The Morgan fingerprint density at radius 2 is 2.15 bits per heavy atom. The molecule has 5 N–H and O–H groups in total. The van der Waals surface area contributed by atoms with Crippen LogP contribution < -0.4 is 26.4 Å². The summed E-state index contributed by atoms with van der Waals surface area (Å²) in [6.45, 7) is -0.348. The van der Waals surface area contributed by atoms with E-state index in [0.29, 0.717) is 24.2 Å². The number of primary amides is 1. The summed E-state index contributed by atoms with van der Waals surface area (Å²) in [5.74, 6) is -0.849. The highest BCUT2D eigenvalue weighted by Gasteiger charge is 2.21. The highest BCUT2D eigenvalue weighted by atomic mass is 19.3. The Hall–Kier alpha value is -4.29. The molecule has 0 saturated heterocycles. The Morgan fingerprint density at radius 3 is 2.91 bits per heavy atom. The lowest BCUT2D eigenvalue weighted by molar-refractivity contribution is 0.0796. The molecule has 0 aliphatic carbocycles. The van der Waals surface area contributed by atoms with E-state index in [1.807, 2.05) is 0 Å². The van der Waals surface area contributed by atoms with Crippen molar-refractivity contribution in [3.8, 4) is 5.88 Å². The van der Waals surface area contributed by atoms with Crippen molar-refractivity contribution >= 4 is 35.0 Å². The molecule has 0 saturated carbocycles. The van der Waals surface area contributed by atoms with E-state index in [1.54, 1.807) is 25.2 Å². The minimum atomic E-state index is -2.67. The quantitative estimate of drug-likeness (QED) is 0.399. The number of ether oxygens (including phenoxy) is 1. The Balaban J connectivity index is 1.65. The van der Waals surface area contributed by atoms with Crippen LogP contribution in [0.4, 0.5) is 31.9 Å². The number of hydrogen-bond acceptors (Lipinski definition) is 8. The fourth-order valence-corrected chi connectivity index (χ4v) is 3.35. The van der Waals surface area contributed by atoms with Crippen LogP contribution in [0.3, 0.4) is 0 Å². The van der Waals surface area contributed by atoms with Crippen molar-refractivity contribution in [2.45, 2.75) is 12.8 Å². The number of nitrogens with two attached hydrogens (primary N) is 1. The van der Waals surface area contributed by atoms with Gasteiger partial charge in [0.2, 0.25) is 5.95 Å². The first kappa shape index (κ1) is 21.9. The standard InChI is InChI=1S/C20H20F2N8O3/c1-30-8-14(19(29-30)33-9-15(21)22)27-20-25-7-12(16(23)31)17(28-20)26-13-4-2-3-11-10(13)5-6-24-18(11)32/h2-4,7-8,15H,5-6,9H2,1H3,(H2,23,31)(H,24,32)(H2,25,26,27,28). The fourth-order valence-electron chi connectivity index (χ4n) is 3.35. The van der Waals surface area contributed by atoms with Crippen molar-refractivity contribution in [3.05, 3.63) is 47.3 Å². The van der Waals surface area contributed by atoms with Crippen LogP contribution in [0, 0.1) is 0 Å². The summed E-state index contributed by atoms with van der Waals surface area (Å²) in [4.78, 5) is 32.5. The lowest BCUT2D eigenvalue weighted by Gasteiger charge is -2.20. The minimum absolute atomic E-state index is 0.0266. The van der Waals surface area contributed by atoms with Gasteiger partial charge in [0.1, 0.15) is 17.1 Å². The molecule has 3 heterocycles. The molecule has 0 radical (unpaired) electrons. The van der Waals surface area contributed by atoms with Gasteiger partial charge in [-0.3, -0.25) is 14.3 Å². The molecule has 33 heavy (non-hydrogen) atoms. The largest absolute Gasteiger partial charge is 0.469 e. The highest BCUT2D eigenvalue weighted by Crippen LogP contribution is 2.29. The molecule has 11 nitrogen and oxygen atoms in total. The normalized spacial score (nSPS) is 12.8. The van der Waals surface area contributed by atoms with Gasteiger partial charge in [0.05, 0.1) is 6.20 Å². The second kappa shape index (κ2) is 9.06. The van der Waals surface area contributed by atoms with Crippen molar-refractivity contribution in [1.29, 1.82) is 0 Å². The number of carbonyl (C=O) groups excluding carboxylic acids is 2. The number of benzene rings is 1. The van der Waals surface area contributed by atoms with Crippen molar-refractivity contribution < 1.29 is 23.1 Å². The molecular formula is C20H20F2N8O3. The van der Waals surface area contributed by atoms with Crippen molar-refractivity contribution in [2.24, 2.45) is 12.8 Å². The predicted molar refractivity (Wildman–Crippen MR) is 114 cm³/mol. The number of alkyl halides is 2. The fraction of sp³-hybridized carbons (Fsp3) is 0.250. The van der Waals surface area contributed by atoms with Crippen molar-refractivity contribution in [1.82, 2.24) is 25.1 Å². The van der Waals surface area contributed by atoms with E-state index in [-0.39, 0.29) is 34.8 Å². The van der Waals surface area contributed by atoms with Gasteiger partial charge in [0, 0.05) is 31.0 Å². The van der Waals surface area contributed by atoms with Crippen molar-refractivity contribution in [3.63, 3.8) is 0 Å². The second-order valence-corrected chi connectivity index (χ2v) is 7.13. The first-order chi connectivity index (χ1) is 15.8. The van der Waals surface area contributed by atoms with E-state index in [0.717, 1.165) is 5.56 Å². The molecule has 1 aliphatic heterocycles. The van der Waals surface area contributed by atoms with Gasteiger partial charge >= 0.3 is 0 Å². The average Bonchev–Trinajstić information content (AvgIpc) is 3.12. The Labute approximate surface area is 186 Å². The molecule has 0 unspecified atom stereocenters. The maximum Gasteiger partial charge on any atom is 0.272 e. The van der Waals surface area contributed by atoms with Gasteiger partial charge in [-0.25, -0.2) is 13.8 Å². The summed E-state index contributed by atoms with van der Waals surface area (Å²) in [6.07, 6.45) is 0.664. The van der Waals surface area contributed by atoms with Gasteiger partial charge in [0.15, 0.2) is 6.61 Å². The maximum atomic E-state index is 12.5. The molecule has 3 aromatic rings. The summed E-state index contributed by atoms with van der Waals surface area (Å²) in [5, 5.41) is 12.7. The molecule has 0 atom stereocenters. The summed E-state index contributed by atoms with van der Waals surface area (Å²) in [6, 6.07) is 5.17. The SMILES string of the molecule is Cn1cc(Nc2ncc(C(N)=O)c(Nc3cccc4c3CCNC4=O)n2)c(OCC(F)F)n1. The van der Waals surface area contributed by atoms with E-state index in [9.17, 15) is 18.4 Å². The number of amides is 2. The van der Waals surface area contributed by atoms with E-state index in [4.69, 9.17) is 10.5 Å². The van der Waals surface area contributed by atoms with Gasteiger partial charge < -0.3 is 26.4 Å². The maximum absolute atomic E-state index is 12.5. The van der Waals surface area contributed by atoms with E-state index in [2.05, 4.69) is 31.0 Å². The third kappa shape index (κ3) is 4.81. The topological polar surface area (TPSA) is 149 Å². The smallest absolute Gasteiger partial charge is 0.272 e. The zero-order valence-electron chi connectivity index (χ0n) is 17.4. The molecule has 4 rings (SSSR count). The van der Waals surface area contributed by atoms with Gasteiger partial charge in [-0.15, -0.1) is 5.10 Å². The molecule has 1 aromatic carbocycles. The number of carbonyl (C=O) groups is 2. The Bertz CT molecular complexity index is 1210. The third-order valence-electron chi connectivity index (χ3n) is 4.78. The van der Waals surface area contributed by atoms with E-state index in [1.165, 1.54) is 17.1 Å². The Morgan fingerprint density at radius 1 is 1.33 bits per heavy atom. The van der Waals surface area contributed by atoms with Crippen LogP contribution in [-0.2, 0) is 13.5 Å². The number of halogens is 2. The second-order valence-electron chi connectivity index (χ2n) is 7.13. The number of aromatic nitrogens is 4. The zero-order valence-corrected chi connectivity index (χ0v) is 17.4. The van der Waals surface area contributed by atoms with Crippen LogP contribution in [0.5, 0.6) is 5.88 Å². The van der Waals surface area contributed by atoms with E-state index >= 15 is 0 Å². The zero-order chi connectivity index (χ0) is 23.5.